The summed E-state index contributed by atoms with van der Waals surface area (Å²) in [5, 5.41) is 0. The Labute approximate surface area is 121 Å². The molecule has 18 heavy (non-hydrogen) atoms. The molecule has 0 aromatic heterocycles. The van der Waals surface area contributed by atoms with Gasteiger partial charge in [0.1, 0.15) is 5.82 Å². The normalized spacial score (nSPS) is 10.7. The second kappa shape index (κ2) is 5.39. The van der Waals surface area contributed by atoms with Gasteiger partial charge in [0.2, 0.25) is 0 Å². The first kappa shape index (κ1) is 13.5. The second-order valence-electron chi connectivity index (χ2n) is 4.71. The van der Waals surface area contributed by atoms with E-state index in [-0.39, 0.29) is 5.82 Å². The zero-order chi connectivity index (χ0) is 13.3. The maximum absolute atomic E-state index is 13.4. The molecule has 0 aliphatic rings. The van der Waals surface area contributed by atoms with Crippen LogP contribution in [0, 0.1) is 26.6 Å². The molecule has 0 spiro atoms. The van der Waals surface area contributed by atoms with Crippen molar-refractivity contribution in [1.82, 2.24) is 0 Å². The standard InChI is InChI=1S/C16H16FI/c1-10-6-11(2)15(9-18)14(7-10)13-4-5-16(17)12(3)8-13/h4-8H,9H2,1-3H3. The summed E-state index contributed by atoms with van der Waals surface area (Å²) in [6.07, 6.45) is 0. The van der Waals surface area contributed by atoms with Gasteiger partial charge in [-0.3, -0.25) is 0 Å². The molecular formula is C16H16FI. The summed E-state index contributed by atoms with van der Waals surface area (Å²) >= 11 is 2.38. The van der Waals surface area contributed by atoms with Gasteiger partial charge in [-0.25, -0.2) is 4.39 Å². The van der Waals surface area contributed by atoms with E-state index >= 15 is 0 Å². The maximum atomic E-state index is 13.4. The fourth-order valence-electron chi connectivity index (χ4n) is 2.24. The van der Waals surface area contributed by atoms with Crippen molar-refractivity contribution in [2.24, 2.45) is 0 Å². The Hall–Kier alpha value is -0.900. The fourth-order valence-corrected chi connectivity index (χ4v) is 3.26. The van der Waals surface area contributed by atoms with E-state index in [1.807, 2.05) is 19.1 Å². The minimum Gasteiger partial charge on any atom is -0.207 e. The Morgan fingerprint density at radius 2 is 1.72 bits per heavy atom. The van der Waals surface area contributed by atoms with Crippen molar-refractivity contribution in [2.75, 3.05) is 0 Å². The Morgan fingerprint density at radius 1 is 1.00 bits per heavy atom. The molecule has 0 radical (unpaired) electrons. The lowest BCUT2D eigenvalue weighted by Crippen LogP contribution is -1.93. The van der Waals surface area contributed by atoms with E-state index < -0.39 is 0 Å². The third-order valence-corrected chi connectivity index (χ3v) is 3.98. The second-order valence-corrected chi connectivity index (χ2v) is 5.47. The first-order valence-electron chi connectivity index (χ1n) is 5.95. The lowest BCUT2D eigenvalue weighted by molar-refractivity contribution is 0.619. The van der Waals surface area contributed by atoms with Gasteiger partial charge < -0.3 is 0 Å². The van der Waals surface area contributed by atoms with E-state index in [1.54, 1.807) is 6.07 Å². The van der Waals surface area contributed by atoms with E-state index in [1.165, 1.54) is 22.3 Å². The highest BCUT2D eigenvalue weighted by Gasteiger charge is 2.09. The van der Waals surface area contributed by atoms with E-state index in [2.05, 4.69) is 48.6 Å². The largest absolute Gasteiger partial charge is 0.207 e. The third kappa shape index (κ3) is 2.58. The van der Waals surface area contributed by atoms with Crippen LogP contribution in [0.25, 0.3) is 11.1 Å². The molecule has 0 bridgehead atoms. The summed E-state index contributed by atoms with van der Waals surface area (Å²) < 4.78 is 14.3. The van der Waals surface area contributed by atoms with E-state index in [9.17, 15) is 4.39 Å². The summed E-state index contributed by atoms with van der Waals surface area (Å²) in [6.45, 7) is 6.05. The summed E-state index contributed by atoms with van der Waals surface area (Å²) in [6, 6.07) is 9.74. The molecule has 2 rings (SSSR count). The lowest BCUT2D eigenvalue weighted by atomic mass is 9.94. The average molecular weight is 354 g/mol. The molecule has 94 valence electrons. The first-order valence-corrected chi connectivity index (χ1v) is 7.48. The monoisotopic (exact) mass is 354 g/mol. The van der Waals surface area contributed by atoms with Crippen molar-refractivity contribution < 1.29 is 4.39 Å². The quantitative estimate of drug-likeness (QED) is 0.504. The smallest absolute Gasteiger partial charge is 0.126 e. The Balaban J connectivity index is 2.65. The fraction of sp³-hybridized carbons (Fsp3) is 0.250. The van der Waals surface area contributed by atoms with E-state index in [0.717, 1.165) is 9.99 Å². The predicted molar refractivity (Wildman–Crippen MR) is 83.8 cm³/mol. The van der Waals surface area contributed by atoms with Gasteiger partial charge in [-0.15, -0.1) is 0 Å². The molecule has 0 amide bonds. The average Bonchev–Trinajstić information content (AvgIpc) is 2.32. The number of hydrogen-bond donors (Lipinski definition) is 0. The van der Waals surface area contributed by atoms with Crippen molar-refractivity contribution in [3.63, 3.8) is 0 Å². The van der Waals surface area contributed by atoms with Crippen LogP contribution in [-0.2, 0) is 4.43 Å². The first-order chi connectivity index (χ1) is 8.52. The molecule has 0 saturated heterocycles. The zero-order valence-electron chi connectivity index (χ0n) is 10.8. The highest BCUT2D eigenvalue weighted by Crippen LogP contribution is 2.30. The van der Waals surface area contributed by atoms with Crippen molar-refractivity contribution in [3.05, 3.63) is 58.4 Å². The molecule has 0 aliphatic carbocycles. The van der Waals surface area contributed by atoms with Crippen LogP contribution in [0.15, 0.2) is 30.3 Å². The van der Waals surface area contributed by atoms with Gasteiger partial charge >= 0.3 is 0 Å². The Kier molecular flexibility index (Phi) is 4.05. The highest BCUT2D eigenvalue weighted by atomic mass is 127. The van der Waals surface area contributed by atoms with Gasteiger partial charge in [-0.05, 0) is 60.7 Å². The zero-order valence-corrected chi connectivity index (χ0v) is 13.0. The Morgan fingerprint density at radius 3 is 2.33 bits per heavy atom. The molecule has 0 aliphatic heterocycles. The van der Waals surface area contributed by atoms with Crippen molar-refractivity contribution >= 4 is 22.6 Å². The van der Waals surface area contributed by atoms with Gasteiger partial charge in [0.05, 0.1) is 0 Å². The molecule has 0 nitrogen and oxygen atoms in total. The van der Waals surface area contributed by atoms with Gasteiger partial charge in [-0.2, -0.15) is 0 Å². The van der Waals surface area contributed by atoms with Crippen LogP contribution in [0.1, 0.15) is 22.3 Å². The van der Waals surface area contributed by atoms with Crippen LogP contribution in [-0.4, -0.2) is 0 Å². The minimum atomic E-state index is -0.140. The highest BCUT2D eigenvalue weighted by molar-refractivity contribution is 14.1. The van der Waals surface area contributed by atoms with E-state index in [4.69, 9.17) is 0 Å². The van der Waals surface area contributed by atoms with Crippen LogP contribution in [0.4, 0.5) is 4.39 Å². The summed E-state index contributed by atoms with van der Waals surface area (Å²) in [5.41, 5.74) is 6.93. The molecule has 2 aromatic rings. The predicted octanol–water partition coefficient (Wildman–Crippen LogP) is 5.35. The number of rotatable bonds is 2. The SMILES string of the molecule is Cc1cc(C)c(CI)c(-c2ccc(F)c(C)c2)c1. The van der Waals surface area contributed by atoms with Crippen LogP contribution in [0.3, 0.4) is 0 Å². The minimum absolute atomic E-state index is 0.140. The lowest BCUT2D eigenvalue weighted by Gasteiger charge is -2.13. The van der Waals surface area contributed by atoms with Crippen LogP contribution in [0.5, 0.6) is 0 Å². The molecule has 0 saturated carbocycles. The van der Waals surface area contributed by atoms with Crippen LogP contribution >= 0.6 is 22.6 Å². The number of alkyl halides is 1. The Bertz CT molecular complexity index is 588. The molecule has 0 fully saturated rings. The number of halogens is 2. The van der Waals surface area contributed by atoms with Crippen molar-refractivity contribution in [1.29, 1.82) is 0 Å². The molecule has 0 N–H and O–H groups in total. The molecule has 2 heteroatoms. The molecule has 0 unspecified atom stereocenters. The van der Waals surface area contributed by atoms with Crippen molar-refractivity contribution in [3.8, 4) is 11.1 Å². The van der Waals surface area contributed by atoms with Gasteiger partial charge in [0, 0.05) is 4.43 Å². The van der Waals surface area contributed by atoms with Gasteiger partial charge in [0.25, 0.3) is 0 Å². The third-order valence-electron chi connectivity index (χ3n) is 3.22. The van der Waals surface area contributed by atoms with Crippen LogP contribution in [0.2, 0.25) is 0 Å². The summed E-state index contributed by atoms with van der Waals surface area (Å²) in [4.78, 5) is 0. The van der Waals surface area contributed by atoms with Gasteiger partial charge in [0.15, 0.2) is 0 Å². The topological polar surface area (TPSA) is 0 Å². The molecule has 2 aromatic carbocycles. The van der Waals surface area contributed by atoms with Gasteiger partial charge in [-0.1, -0.05) is 46.4 Å². The number of aryl methyl sites for hydroxylation is 3. The maximum Gasteiger partial charge on any atom is 0.126 e. The summed E-state index contributed by atoms with van der Waals surface area (Å²) in [5.74, 6) is -0.140. The molecular weight excluding hydrogens is 338 g/mol. The molecule has 0 heterocycles. The molecule has 0 atom stereocenters. The number of benzene rings is 2. The van der Waals surface area contributed by atoms with Crippen LogP contribution < -0.4 is 0 Å². The van der Waals surface area contributed by atoms with E-state index in [0.29, 0.717) is 5.56 Å². The summed E-state index contributed by atoms with van der Waals surface area (Å²) in [7, 11) is 0. The van der Waals surface area contributed by atoms with Crippen molar-refractivity contribution in [2.45, 2.75) is 25.2 Å². The number of hydrogen-bond acceptors (Lipinski definition) is 0.